The van der Waals surface area contributed by atoms with Gasteiger partial charge in [-0.1, -0.05) is 13.8 Å². The summed E-state index contributed by atoms with van der Waals surface area (Å²) in [5, 5.41) is 10.7. The van der Waals surface area contributed by atoms with Crippen LogP contribution in [0.3, 0.4) is 0 Å². The van der Waals surface area contributed by atoms with E-state index in [2.05, 4.69) is 13.8 Å². The van der Waals surface area contributed by atoms with Crippen LogP contribution < -0.4 is 0 Å². The number of nitro benzene ring substituents is 1. The van der Waals surface area contributed by atoms with E-state index in [4.69, 9.17) is 0 Å². The highest BCUT2D eigenvalue weighted by atomic mass is 16.6. The molecule has 1 saturated heterocycles. The highest BCUT2D eigenvalue weighted by Crippen LogP contribution is 2.44. The predicted octanol–water partition coefficient (Wildman–Crippen LogP) is 4.03. The van der Waals surface area contributed by atoms with Crippen molar-refractivity contribution in [2.75, 3.05) is 6.54 Å². The van der Waals surface area contributed by atoms with Crippen LogP contribution in [0.15, 0.2) is 24.3 Å². The number of piperidine rings is 1. The zero-order valence-electron chi connectivity index (χ0n) is 13.8. The number of hydrogen-bond donors (Lipinski definition) is 0. The largest absolute Gasteiger partial charge is 0.335 e. The summed E-state index contributed by atoms with van der Waals surface area (Å²) in [7, 11) is 0. The van der Waals surface area contributed by atoms with E-state index in [1.807, 2.05) is 4.90 Å². The molecule has 0 radical (unpaired) electrons. The zero-order valence-corrected chi connectivity index (χ0v) is 13.8. The Hall–Kier alpha value is -1.91. The molecular weight excluding hydrogens is 292 g/mol. The number of nitrogens with zero attached hydrogens (tertiary/aromatic N) is 2. The second-order valence-electron chi connectivity index (χ2n) is 7.68. The third kappa shape index (κ3) is 3.23. The lowest BCUT2D eigenvalue weighted by molar-refractivity contribution is -0.384. The highest BCUT2D eigenvalue weighted by molar-refractivity contribution is 5.94. The Morgan fingerprint density at radius 3 is 2.61 bits per heavy atom. The summed E-state index contributed by atoms with van der Waals surface area (Å²) in [5.41, 5.74) is 0.958. The van der Waals surface area contributed by atoms with Gasteiger partial charge < -0.3 is 4.90 Å². The molecule has 23 heavy (non-hydrogen) atoms. The first-order chi connectivity index (χ1) is 10.9. The van der Waals surface area contributed by atoms with Crippen molar-refractivity contribution in [2.24, 2.45) is 11.3 Å². The molecule has 0 N–H and O–H groups in total. The monoisotopic (exact) mass is 316 g/mol. The summed E-state index contributed by atoms with van der Waals surface area (Å²) < 4.78 is 0. The van der Waals surface area contributed by atoms with Crippen molar-refractivity contribution in [3.05, 3.63) is 39.9 Å². The summed E-state index contributed by atoms with van der Waals surface area (Å²) in [5.74, 6) is 0.615. The van der Waals surface area contributed by atoms with Gasteiger partial charge in [0.15, 0.2) is 0 Å². The lowest BCUT2D eigenvalue weighted by Crippen LogP contribution is -2.51. The molecular formula is C18H24N2O3. The summed E-state index contributed by atoms with van der Waals surface area (Å²) in [4.78, 5) is 25.2. The maximum absolute atomic E-state index is 12.9. The predicted molar refractivity (Wildman–Crippen MR) is 88.3 cm³/mol. The van der Waals surface area contributed by atoms with E-state index in [0.717, 1.165) is 25.8 Å². The highest BCUT2D eigenvalue weighted by Gasteiger charge is 2.41. The number of fused-ring (bicyclic) bond motifs is 1. The van der Waals surface area contributed by atoms with Crippen molar-refractivity contribution in [1.82, 2.24) is 4.90 Å². The molecule has 5 nitrogen and oxygen atoms in total. The smallest absolute Gasteiger partial charge is 0.269 e. The van der Waals surface area contributed by atoms with Crippen molar-refractivity contribution in [2.45, 2.75) is 52.0 Å². The van der Waals surface area contributed by atoms with Crippen molar-refractivity contribution < 1.29 is 9.72 Å². The topological polar surface area (TPSA) is 63.5 Å². The minimum absolute atomic E-state index is 0.0225. The summed E-state index contributed by atoms with van der Waals surface area (Å²) in [6.07, 6.45) is 5.66. The number of hydrogen-bond acceptors (Lipinski definition) is 3. The Kier molecular flexibility index (Phi) is 4.13. The van der Waals surface area contributed by atoms with E-state index in [1.54, 1.807) is 12.1 Å². The average molecular weight is 316 g/mol. The molecule has 3 rings (SSSR count). The Morgan fingerprint density at radius 2 is 1.96 bits per heavy atom. The van der Waals surface area contributed by atoms with Crippen LogP contribution >= 0.6 is 0 Å². The molecule has 0 spiro atoms. The number of non-ortho nitro benzene ring substituents is 1. The second kappa shape index (κ2) is 5.95. The van der Waals surface area contributed by atoms with Crippen LogP contribution in [0.4, 0.5) is 5.69 Å². The number of carbonyl (C=O) groups excluding carboxylic acids is 1. The van der Waals surface area contributed by atoms with Crippen LogP contribution in [0.2, 0.25) is 0 Å². The molecule has 1 aromatic carbocycles. The van der Waals surface area contributed by atoms with Gasteiger partial charge in [0.1, 0.15) is 0 Å². The molecule has 0 unspecified atom stereocenters. The van der Waals surface area contributed by atoms with Crippen molar-refractivity contribution in [3.8, 4) is 0 Å². The lowest BCUT2D eigenvalue weighted by Gasteiger charge is -2.48. The second-order valence-corrected chi connectivity index (χ2v) is 7.68. The maximum Gasteiger partial charge on any atom is 0.269 e. The third-order valence-corrected chi connectivity index (χ3v) is 5.44. The van der Waals surface area contributed by atoms with E-state index < -0.39 is 4.92 Å². The molecule has 5 heteroatoms. The number of rotatable bonds is 2. The molecule has 0 aromatic heterocycles. The normalized spacial score (nSPS) is 26.4. The van der Waals surface area contributed by atoms with Crippen LogP contribution in [0, 0.1) is 21.4 Å². The van der Waals surface area contributed by atoms with E-state index in [1.165, 1.54) is 25.0 Å². The molecule has 1 aromatic rings. The molecule has 0 bridgehead atoms. The van der Waals surface area contributed by atoms with Gasteiger partial charge in [-0.25, -0.2) is 0 Å². The van der Waals surface area contributed by atoms with Gasteiger partial charge in [-0.2, -0.15) is 0 Å². The minimum Gasteiger partial charge on any atom is -0.335 e. The number of nitro groups is 1. The molecule has 1 aliphatic heterocycles. The summed E-state index contributed by atoms with van der Waals surface area (Å²) in [6, 6.07) is 6.32. The van der Waals surface area contributed by atoms with Crippen LogP contribution in [0.25, 0.3) is 0 Å². The number of likely N-dealkylation sites (tertiary alicyclic amines) is 1. The van der Waals surface area contributed by atoms with Gasteiger partial charge in [0.25, 0.3) is 11.6 Å². The van der Waals surface area contributed by atoms with Crippen LogP contribution in [0.5, 0.6) is 0 Å². The Bertz CT molecular complexity index is 609. The summed E-state index contributed by atoms with van der Waals surface area (Å²) >= 11 is 0. The Balaban J connectivity index is 1.77. The van der Waals surface area contributed by atoms with Gasteiger partial charge in [-0.05, 0) is 55.6 Å². The Morgan fingerprint density at radius 1 is 1.26 bits per heavy atom. The molecule has 1 heterocycles. The van der Waals surface area contributed by atoms with Gasteiger partial charge in [0, 0.05) is 30.3 Å². The van der Waals surface area contributed by atoms with Crippen molar-refractivity contribution >= 4 is 11.6 Å². The SMILES string of the molecule is CC1(C)CC[C@H]2[C@@H](CCCN2C(=O)c2ccc([N+](=O)[O-])cc2)C1. The van der Waals surface area contributed by atoms with Gasteiger partial charge in [0.2, 0.25) is 0 Å². The molecule has 1 aliphatic carbocycles. The van der Waals surface area contributed by atoms with Crippen LogP contribution in [-0.2, 0) is 0 Å². The molecule has 124 valence electrons. The van der Waals surface area contributed by atoms with E-state index in [9.17, 15) is 14.9 Å². The molecule has 2 atom stereocenters. The zero-order chi connectivity index (χ0) is 16.6. The first-order valence-electron chi connectivity index (χ1n) is 8.43. The van der Waals surface area contributed by atoms with Crippen molar-refractivity contribution in [3.63, 3.8) is 0 Å². The van der Waals surface area contributed by atoms with E-state index in [-0.39, 0.29) is 11.6 Å². The molecule has 1 amide bonds. The average Bonchev–Trinajstić information content (AvgIpc) is 2.52. The fraction of sp³-hybridized carbons (Fsp3) is 0.611. The quantitative estimate of drug-likeness (QED) is 0.611. The van der Waals surface area contributed by atoms with Gasteiger partial charge in [-0.15, -0.1) is 0 Å². The molecule has 1 saturated carbocycles. The third-order valence-electron chi connectivity index (χ3n) is 5.44. The van der Waals surface area contributed by atoms with E-state index >= 15 is 0 Å². The molecule has 2 aliphatic rings. The van der Waals surface area contributed by atoms with Gasteiger partial charge in [-0.3, -0.25) is 14.9 Å². The first kappa shape index (κ1) is 16.0. The summed E-state index contributed by atoms with van der Waals surface area (Å²) in [6.45, 7) is 5.44. The van der Waals surface area contributed by atoms with Crippen molar-refractivity contribution in [1.29, 1.82) is 0 Å². The van der Waals surface area contributed by atoms with Crippen LogP contribution in [0.1, 0.15) is 56.3 Å². The van der Waals surface area contributed by atoms with E-state index in [0.29, 0.717) is 22.9 Å². The standard InChI is InChI=1S/C18H24N2O3/c1-18(2)10-9-16-14(12-18)4-3-11-19(16)17(21)13-5-7-15(8-6-13)20(22)23/h5-8,14,16H,3-4,9-12H2,1-2H3/t14-,16-/m0/s1. The minimum atomic E-state index is -0.436. The Labute approximate surface area is 136 Å². The van der Waals surface area contributed by atoms with Crippen LogP contribution in [-0.4, -0.2) is 28.3 Å². The van der Waals surface area contributed by atoms with Gasteiger partial charge >= 0.3 is 0 Å². The molecule has 2 fully saturated rings. The lowest BCUT2D eigenvalue weighted by atomic mass is 9.67. The number of benzene rings is 1. The fourth-order valence-electron chi connectivity index (χ4n) is 4.26. The maximum atomic E-state index is 12.9. The fourth-order valence-corrected chi connectivity index (χ4v) is 4.26. The van der Waals surface area contributed by atoms with Gasteiger partial charge in [0.05, 0.1) is 4.92 Å². The number of amides is 1. The number of carbonyl (C=O) groups is 1. The first-order valence-corrected chi connectivity index (χ1v) is 8.43.